The van der Waals surface area contributed by atoms with Crippen molar-refractivity contribution in [2.45, 2.75) is 6.61 Å². The first kappa shape index (κ1) is 23.5. The second-order valence-electron chi connectivity index (χ2n) is 6.95. The summed E-state index contributed by atoms with van der Waals surface area (Å²) in [5.74, 6) is 0.334. The normalized spacial score (nSPS) is 14.8. The monoisotopic (exact) mass is 519 g/mol. The Kier molecular flexibility index (Phi) is 7.20. The number of imide groups is 1. The maximum absolute atomic E-state index is 12.9. The Morgan fingerprint density at radius 1 is 0.970 bits per heavy atom. The molecule has 1 fully saturated rings. The summed E-state index contributed by atoms with van der Waals surface area (Å²) in [6.07, 6.45) is 1.59. The van der Waals surface area contributed by atoms with E-state index in [0.29, 0.717) is 37.8 Å². The molecule has 0 saturated carbocycles. The summed E-state index contributed by atoms with van der Waals surface area (Å²) in [7, 11) is 1.50. The molecule has 0 unspecified atom stereocenters. The molecule has 168 valence electrons. The van der Waals surface area contributed by atoms with E-state index in [-0.39, 0.29) is 11.5 Å². The van der Waals surface area contributed by atoms with Gasteiger partial charge >= 0.3 is 0 Å². The SMILES string of the molecule is COc1cc(/C=C2/SC(=O)N(c3cccc(Cl)c3)C2=O)cc(Cl)c1OCc1ccc(Cl)cc1. The zero-order chi connectivity index (χ0) is 23.5. The van der Waals surface area contributed by atoms with Gasteiger partial charge < -0.3 is 9.47 Å². The van der Waals surface area contributed by atoms with Crippen LogP contribution in [0.4, 0.5) is 10.5 Å². The van der Waals surface area contributed by atoms with E-state index in [0.717, 1.165) is 22.2 Å². The molecule has 0 radical (unpaired) electrons. The van der Waals surface area contributed by atoms with Gasteiger partial charge in [-0.25, -0.2) is 4.90 Å². The van der Waals surface area contributed by atoms with Crippen molar-refractivity contribution < 1.29 is 19.1 Å². The van der Waals surface area contributed by atoms with E-state index < -0.39 is 11.1 Å². The Hall–Kier alpha value is -2.64. The van der Waals surface area contributed by atoms with E-state index in [1.807, 2.05) is 12.1 Å². The molecule has 0 N–H and O–H groups in total. The number of benzene rings is 3. The molecule has 1 saturated heterocycles. The van der Waals surface area contributed by atoms with Crippen molar-refractivity contribution in [3.63, 3.8) is 0 Å². The van der Waals surface area contributed by atoms with Crippen molar-refractivity contribution in [3.05, 3.63) is 91.8 Å². The van der Waals surface area contributed by atoms with Gasteiger partial charge in [-0.3, -0.25) is 9.59 Å². The number of carbonyl (C=O) groups excluding carboxylic acids is 2. The lowest BCUT2D eigenvalue weighted by molar-refractivity contribution is -0.113. The van der Waals surface area contributed by atoms with E-state index in [1.54, 1.807) is 54.6 Å². The Bertz CT molecular complexity index is 1260. The summed E-state index contributed by atoms with van der Waals surface area (Å²) in [6.45, 7) is 0.269. The Morgan fingerprint density at radius 2 is 1.73 bits per heavy atom. The first-order valence-electron chi connectivity index (χ1n) is 9.64. The summed E-state index contributed by atoms with van der Waals surface area (Å²) in [6, 6.07) is 17.2. The molecule has 0 bridgehead atoms. The van der Waals surface area contributed by atoms with Crippen LogP contribution in [-0.4, -0.2) is 18.3 Å². The highest BCUT2D eigenvalue weighted by Gasteiger charge is 2.36. The molecule has 1 heterocycles. The molecule has 33 heavy (non-hydrogen) atoms. The van der Waals surface area contributed by atoms with Gasteiger partial charge in [0.25, 0.3) is 11.1 Å². The second-order valence-corrected chi connectivity index (χ2v) is 9.22. The average Bonchev–Trinajstić information content (AvgIpc) is 3.06. The highest BCUT2D eigenvalue weighted by atomic mass is 35.5. The Morgan fingerprint density at radius 3 is 2.42 bits per heavy atom. The summed E-state index contributed by atoms with van der Waals surface area (Å²) >= 11 is 19.2. The molecule has 9 heteroatoms. The van der Waals surface area contributed by atoms with Crippen molar-refractivity contribution in [3.8, 4) is 11.5 Å². The third kappa shape index (κ3) is 5.31. The lowest BCUT2D eigenvalue weighted by atomic mass is 10.1. The maximum Gasteiger partial charge on any atom is 0.298 e. The topological polar surface area (TPSA) is 55.8 Å². The molecule has 3 aromatic carbocycles. The van der Waals surface area contributed by atoms with Gasteiger partial charge in [0.15, 0.2) is 11.5 Å². The third-order valence-corrected chi connectivity index (χ3v) is 6.34. The van der Waals surface area contributed by atoms with Crippen LogP contribution in [0.15, 0.2) is 65.6 Å². The standard InChI is InChI=1S/C24H16Cl3NO4S/c1-31-20-10-15(9-19(27)22(20)32-13-14-5-7-16(25)8-6-14)11-21-23(29)28(24(30)33-21)18-4-2-3-17(26)12-18/h2-12H,13H2,1H3/b21-11+. The molecular weight excluding hydrogens is 505 g/mol. The van der Waals surface area contributed by atoms with Gasteiger partial charge in [0, 0.05) is 10.0 Å². The molecule has 3 aromatic rings. The summed E-state index contributed by atoms with van der Waals surface area (Å²) in [4.78, 5) is 26.7. The Labute approximate surface area is 209 Å². The summed E-state index contributed by atoms with van der Waals surface area (Å²) in [5.41, 5.74) is 1.92. The van der Waals surface area contributed by atoms with Gasteiger partial charge in [0.1, 0.15) is 6.61 Å². The number of carbonyl (C=O) groups is 2. The molecule has 0 aromatic heterocycles. The van der Waals surface area contributed by atoms with Crippen LogP contribution in [0.2, 0.25) is 15.1 Å². The number of ether oxygens (including phenoxy) is 2. The van der Waals surface area contributed by atoms with E-state index in [1.165, 1.54) is 7.11 Å². The molecule has 4 rings (SSSR count). The van der Waals surface area contributed by atoms with Crippen LogP contribution in [0, 0.1) is 0 Å². The number of rotatable bonds is 6. The van der Waals surface area contributed by atoms with E-state index in [2.05, 4.69) is 0 Å². The summed E-state index contributed by atoms with van der Waals surface area (Å²) in [5, 5.41) is 0.970. The maximum atomic E-state index is 12.9. The van der Waals surface area contributed by atoms with Crippen molar-refractivity contribution >= 4 is 69.5 Å². The van der Waals surface area contributed by atoms with Crippen molar-refractivity contribution in [2.75, 3.05) is 12.0 Å². The van der Waals surface area contributed by atoms with Gasteiger partial charge in [-0.1, -0.05) is 53.0 Å². The molecule has 0 spiro atoms. The Balaban J connectivity index is 1.58. The quantitative estimate of drug-likeness (QED) is 0.315. The molecule has 1 aliphatic rings. The van der Waals surface area contributed by atoms with Crippen molar-refractivity contribution in [2.24, 2.45) is 0 Å². The second kappa shape index (κ2) is 10.1. The predicted octanol–water partition coefficient (Wildman–Crippen LogP) is 7.48. The van der Waals surface area contributed by atoms with Gasteiger partial charge in [-0.15, -0.1) is 0 Å². The van der Waals surface area contributed by atoms with Crippen LogP contribution in [-0.2, 0) is 11.4 Å². The van der Waals surface area contributed by atoms with Gasteiger partial charge in [0.2, 0.25) is 0 Å². The highest BCUT2D eigenvalue weighted by Crippen LogP contribution is 2.40. The zero-order valence-electron chi connectivity index (χ0n) is 17.2. The lowest BCUT2D eigenvalue weighted by Gasteiger charge is -2.14. The first-order chi connectivity index (χ1) is 15.9. The molecule has 0 aliphatic carbocycles. The van der Waals surface area contributed by atoms with E-state index in [4.69, 9.17) is 44.3 Å². The summed E-state index contributed by atoms with van der Waals surface area (Å²) < 4.78 is 11.3. The van der Waals surface area contributed by atoms with Crippen LogP contribution in [0.25, 0.3) is 6.08 Å². The zero-order valence-corrected chi connectivity index (χ0v) is 20.3. The van der Waals surface area contributed by atoms with Gasteiger partial charge in [0.05, 0.1) is 22.7 Å². The van der Waals surface area contributed by atoms with Crippen LogP contribution in [0.5, 0.6) is 11.5 Å². The van der Waals surface area contributed by atoms with Crippen molar-refractivity contribution in [1.29, 1.82) is 0 Å². The number of thioether (sulfide) groups is 1. The van der Waals surface area contributed by atoms with Gasteiger partial charge in [-0.05, 0) is 71.4 Å². The minimum absolute atomic E-state index is 0.257. The highest BCUT2D eigenvalue weighted by molar-refractivity contribution is 8.19. The van der Waals surface area contributed by atoms with Gasteiger partial charge in [-0.2, -0.15) is 0 Å². The van der Waals surface area contributed by atoms with E-state index in [9.17, 15) is 9.59 Å². The number of nitrogens with zero attached hydrogens (tertiary/aromatic N) is 1. The first-order valence-corrected chi connectivity index (χ1v) is 11.6. The predicted molar refractivity (Wildman–Crippen MR) is 134 cm³/mol. The fourth-order valence-corrected chi connectivity index (χ4v) is 4.58. The minimum atomic E-state index is -0.439. The fourth-order valence-electron chi connectivity index (χ4n) is 3.16. The van der Waals surface area contributed by atoms with Crippen molar-refractivity contribution in [1.82, 2.24) is 0 Å². The molecule has 1 aliphatic heterocycles. The molecular formula is C24H16Cl3NO4S. The third-order valence-electron chi connectivity index (χ3n) is 4.71. The minimum Gasteiger partial charge on any atom is -0.493 e. The van der Waals surface area contributed by atoms with Crippen LogP contribution in [0.3, 0.4) is 0 Å². The number of amides is 2. The number of hydrogen-bond acceptors (Lipinski definition) is 5. The number of methoxy groups -OCH3 is 1. The largest absolute Gasteiger partial charge is 0.493 e. The smallest absolute Gasteiger partial charge is 0.298 e. The van der Waals surface area contributed by atoms with Crippen LogP contribution < -0.4 is 14.4 Å². The van der Waals surface area contributed by atoms with Crippen LogP contribution in [0.1, 0.15) is 11.1 Å². The number of hydrogen-bond donors (Lipinski definition) is 0. The molecule has 0 atom stereocenters. The molecule has 2 amide bonds. The van der Waals surface area contributed by atoms with Crippen LogP contribution >= 0.6 is 46.6 Å². The number of anilines is 1. The average molecular weight is 521 g/mol. The van der Waals surface area contributed by atoms with E-state index >= 15 is 0 Å². The number of halogens is 3. The molecule has 5 nitrogen and oxygen atoms in total. The fraction of sp³-hybridized carbons (Fsp3) is 0.0833. The lowest BCUT2D eigenvalue weighted by Crippen LogP contribution is -2.27.